The van der Waals surface area contributed by atoms with Crippen molar-refractivity contribution in [1.29, 1.82) is 0 Å². The molecule has 0 aliphatic carbocycles. The molecule has 4 rings (SSSR count). The predicted molar refractivity (Wildman–Crippen MR) is 94.9 cm³/mol. The minimum absolute atomic E-state index is 0.0424. The van der Waals surface area contributed by atoms with E-state index in [0.29, 0.717) is 18.8 Å². The second-order valence-corrected chi connectivity index (χ2v) is 6.95. The number of carbonyl (C=O) groups excluding carboxylic acids is 1. The first-order valence-electron chi connectivity index (χ1n) is 8.22. The molecular formula is C18H18N4O2S. The molecule has 0 unspecified atom stereocenters. The minimum Gasteiger partial charge on any atom is -0.488 e. The van der Waals surface area contributed by atoms with Crippen LogP contribution in [0.3, 0.4) is 0 Å². The van der Waals surface area contributed by atoms with Gasteiger partial charge in [0.15, 0.2) is 0 Å². The largest absolute Gasteiger partial charge is 0.488 e. The lowest BCUT2D eigenvalue weighted by atomic mass is 10.2. The van der Waals surface area contributed by atoms with E-state index in [4.69, 9.17) is 4.74 Å². The van der Waals surface area contributed by atoms with Gasteiger partial charge in [-0.25, -0.2) is 0 Å². The second-order valence-electron chi connectivity index (χ2n) is 5.92. The summed E-state index contributed by atoms with van der Waals surface area (Å²) in [5.74, 6) is 0.683. The van der Waals surface area contributed by atoms with Crippen LogP contribution in [-0.2, 0) is 19.4 Å². The Bertz CT molecular complexity index is 822. The summed E-state index contributed by atoms with van der Waals surface area (Å²) in [4.78, 5) is 17.5. The summed E-state index contributed by atoms with van der Waals surface area (Å²) in [5.41, 5.74) is 1.51. The van der Waals surface area contributed by atoms with Crippen LogP contribution in [0.25, 0.3) is 0 Å². The first kappa shape index (κ1) is 15.8. The third-order valence-corrected chi connectivity index (χ3v) is 5.04. The Morgan fingerprint density at radius 2 is 2.24 bits per heavy atom. The van der Waals surface area contributed by atoms with Crippen molar-refractivity contribution in [3.8, 4) is 5.75 Å². The summed E-state index contributed by atoms with van der Waals surface area (Å²) in [6.45, 7) is 1.27. The Morgan fingerprint density at radius 3 is 3.00 bits per heavy atom. The Kier molecular flexibility index (Phi) is 4.47. The summed E-state index contributed by atoms with van der Waals surface area (Å²) in [7, 11) is 0. The topological polar surface area (TPSA) is 69.0 Å². The zero-order chi connectivity index (χ0) is 17.1. The molecule has 0 bridgehead atoms. The first-order valence-corrected chi connectivity index (χ1v) is 9.10. The lowest BCUT2D eigenvalue weighted by Gasteiger charge is -2.12. The van der Waals surface area contributed by atoms with Gasteiger partial charge >= 0.3 is 0 Å². The van der Waals surface area contributed by atoms with Crippen molar-refractivity contribution in [3.05, 3.63) is 64.4 Å². The number of nitrogens with one attached hydrogen (secondary N) is 1. The van der Waals surface area contributed by atoms with Gasteiger partial charge < -0.3 is 10.1 Å². The predicted octanol–water partition coefficient (Wildman–Crippen LogP) is 2.32. The lowest BCUT2D eigenvalue weighted by Crippen LogP contribution is -2.26. The number of thiophene rings is 1. The average Bonchev–Trinajstić information content (AvgIpc) is 3.32. The molecule has 6 nitrogen and oxygen atoms in total. The van der Waals surface area contributed by atoms with Crippen molar-refractivity contribution in [2.75, 3.05) is 6.54 Å². The fourth-order valence-corrected chi connectivity index (χ4v) is 3.62. The Hall–Kier alpha value is -2.67. The molecule has 0 saturated carbocycles. The van der Waals surface area contributed by atoms with Crippen molar-refractivity contribution in [2.45, 2.75) is 25.5 Å². The third-order valence-electron chi connectivity index (χ3n) is 4.10. The number of hydrogen-bond acceptors (Lipinski definition) is 5. The van der Waals surface area contributed by atoms with E-state index in [1.807, 2.05) is 34.3 Å². The highest BCUT2D eigenvalue weighted by atomic mass is 32.1. The van der Waals surface area contributed by atoms with Crippen molar-refractivity contribution < 1.29 is 9.53 Å². The number of nitrogens with zero attached hydrogens (tertiary/aromatic N) is 3. The van der Waals surface area contributed by atoms with Gasteiger partial charge in [0.2, 0.25) is 0 Å². The van der Waals surface area contributed by atoms with Crippen molar-refractivity contribution in [1.82, 2.24) is 20.1 Å². The molecule has 0 radical (unpaired) electrons. The molecule has 128 valence electrons. The van der Waals surface area contributed by atoms with E-state index in [2.05, 4.69) is 21.5 Å². The smallest absolute Gasteiger partial charge is 0.271 e. The van der Waals surface area contributed by atoms with Crippen LogP contribution in [0.5, 0.6) is 5.75 Å². The molecule has 7 heteroatoms. The number of rotatable bonds is 6. The normalized spacial score (nSPS) is 15.8. The molecule has 0 fully saturated rings. The van der Waals surface area contributed by atoms with Gasteiger partial charge in [0.1, 0.15) is 17.5 Å². The van der Waals surface area contributed by atoms with Gasteiger partial charge in [-0.15, -0.1) is 11.3 Å². The van der Waals surface area contributed by atoms with Gasteiger partial charge in [0.05, 0.1) is 6.54 Å². The van der Waals surface area contributed by atoms with E-state index in [-0.39, 0.29) is 12.0 Å². The van der Waals surface area contributed by atoms with E-state index in [1.54, 1.807) is 23.7 Å². The maximum atomic E-state index is 12.2. The maximum absolute atomic E-state index is 12.2. The van der Waals surface area contributed by atoms with Crippen molar-refractivity contribution in [3.63, 3.8) is 0 Å². The number of carbonyl (C=O) groups is 1. The zero-order valence-electron chi connectivity index (χ0n) is 13.6. The molecule has 0 saturated heterocycles. The number of hydrogen-bond donors (Lipinski definition) is 1. The summed E-state index contributed by atoms with van der Waals surface area (Å²) >= 11 is 1.70. The molecule has 25 heavy (non-hydrogen) atoms. The number of aromatic nitrogens is 3. The Morgan fingerprint density at radius 1 is 1.36 bits per heavy atom. The fraction of sp³-hybridized carbons (Fsp3) is 0.278. The Balaban J connectivity index is 1.30. The van der Waals surface area contributed by atoms with Crippen LogP contribution in [-0.4, -0.2) is 33.3 Å². The fourth-order valence-electron chi connectivity index (χ4n) is 2.91. The van der Waals surface area contributed by atoms with Crippen LogP contribution in [0.1, 0.15) is 21.1 Å². The van der Waals surface area contributed by atoms with Crippen LogP contribution in [0.4, 0.5) is 0 Å². The Labute approximate surface area is 149 Å². The van der Waals surface area contributed by atoms with E-state index in [0.717, 1.165) is 24.3 Å². The molecular weight excluding hydrogens is 336 g/mol. The molecule has 0 aromatic carbocycles. The molecule has 3 aromatic heterocycles. The maximum Gasteiger partial charge on any atom is 0.271 e. The van der Waals surface area contributed by atoms with E-state index in [1.165, 1.54) is 4.88 Å². The van der Waals surface area contributed by atoms with E-state index >= 15 is 0 Å². The van der Waals surface area contributed by atoms with Crippen molar-refractivity contribution >= 4 is 17.2 Å². The van der Waals surface area contributed by atoms with Gasteiger partial charge in [-0.05, 0) is 36.1 Å². The van der Waals surface area contributed by atoms with Gasteiger partial charge in [-0.1, -0.05) is 6.07 Å². The van der Waals surface area contributed by atoms with Crippen LogP contribution in [0, 0.1) is 0 Å². The molecule has 1 amide bonds. The molecule has 1 aliphatic heterocycles. The first-order chi connectivity index (χ1) is 12.3. The highest BCUT2D eigenvalue weighted by Gasteiger charge is 2.26. The second kappa shape index (κ2) is 7.06. The third kappa shape index (κ3) is 3.71. The van der Waals surface area contributed by atoms with Crippen LogP contribution in [0.2, 0.25) is 0 Å². The number of amides is 1. The van der Waals surface area contributed by atoms with Crippen LogP contribution >= 0.6 is 11.3 Å². The standard InChI is InChI=1S/C18H18N4O2S/c23-18(20-8-5-16-2-1-9-25-16)17-11-13-10-15(12-22(13)21-17)24-14-3-6-19-7-4-14/h1-4,6-7,9,11,15H,5,8,10,12H2,(H,20,23)/t15-/m0/s1. The molecule has 3 aromatic rings. The van der Waals surface area contributed by atoms with Gasteiger partial charge in [-0.3, -0.25) is 14.5 Å². The summed E-state index contributed by atoms with van der Waals surface area (Å²) < 4.78 is 7.78. The minimum atomic E-state index is -0.120. The summed E-state index contributed by atoms with van der Waals surface area (Å²) in [6, 6.07) is 9.63. The van der Waals surface area contributed by atoms with Crippen LogP contribution in [0.15, 0.2) is 48.1 Å². The molecule has 4 heterocycles. The summed E-state index contributed by atoms with van der Waals surface area (Å²) in [5, 5.41) is 9.39. The highest BCUT2D eigenvalue weighted by Crippen LogP contribution is 2.21. The average molecular weight is 354 g/mol. The molecule has 0 spiro atoms. The quantitative estimate of drug-likeness (QED) is 0.738. The van der Waals surface area contributed by atoms with E-state index in [9.17, 15) is 4.79 Å². The van der Waals surface area contributed by atoms with Gasteiger partial charge in [0.25, 0.3) is 5.91 Å². The van der Waals surface area contributed by atoms with Gasteiger partial charge in [-0.2, -0.15) is 5.10 Å². The summed E-state index contributed by atoms with van der Waals surface area (Å²) in [6.07, 6.45) is 5.06. The van der Waals surface area contributed by atoms with E-state index < -0.39 is 0 Å². The highest BCUT2D eigenvalue weighted by molar-refractivity contribution is 7.09. The lowest BCUT2D eigenvalue weighted by molar-refractivity contribution is 0.0947. The SMILES string of the molecule is O=C(NCCc1cccs1)c1cc2n(n1)C[C@@H](Oc1ccncc1)C2. The molecule has 1 atom stereocenters. The van der Waals surface area contributed by atoms with Crippen molar-refractivity contribution in [2.24, 2.45) is 0 Å². The zero-order valence-corrected chi connectivity index (χ0v) is 14.4. The monoisotopic (exact) mass is 354 g/mol. The molecule has 1 N–H and O–H groups in total. The number of ether oxygens (including phenoxy) is 1. The molecule has 1 aliphatic rings. The number of fused-ring (bicyclic) bond motifs is 1. The van der Waals surface area contributed by atoms with Crippen LogP contribution < -0.4 is 10.1 Å². The van der Waals surface area contributed by atoms with Gasteiger partial charge in [0, 0.05) is 35.9 Å². The number of pyridine rings is 1.